The lowest BCUT2D eigenvalue weighted by atomic mass is 9.92. The predicted octanol–water partition coefficient (Wildman–Crippen LogP) is 2.46. The van der Waals surface area contributed by atoms with E-state index in [4.69, 9.17) is 5.11 Å². The predicted molar refractivity (Wildman–Crippen MR) is 76.5 cm³/mol. The first-order valence-electron chi connectivity index (χ1n) is 7.82. The number of likely N-dealkylation sites (tertiary alicyclic amines) is 1. The molecule has 2 fully saturated rings. The van der Waals surface area contributed by atoms with E-state index in [2.05, 4.69) is 12.2 Å². The van der Waals surface area contributed by atoms with Crippen LogP contribution in [-0.2, 0) is 4.79 Å². The summed E-state index contributed by atoms with van der Waals surface area (Å²) in [7, 11) is 0. The highest BCUT2D eigenvalue weighted by Crippen LogP contribution is 2.25. The van der Waals surface area contributed by atoms with Crippen molar-refractivity contribution < 1.29 is 14.7 Å². The summed E-state index contributed by atoms with van der Waals surface area (Å²) in [5.74, 6) is 0.462. The maximum atomic E-state index is 12.2. The number of hydrogen-bond donors (Lipinski definition) is 2. The number of carbonyl (C=O) groups excluding carboxylic acids is 1. The third-order valence-corrected chi connectivity index (χ3v) is 4.69. The standard InChI is InChI=1S/C15H26N2O3/c1-11-2-4-13(10-11)16-15(20)17-8-6-12(7-9-17)3-5-14(18)19/h11-13H,2-10H2,1H3,(H,16,20)(H,18,19). The Morgan fingerprint density at radius 2 is 1.90 bits per heavy atom. The molecule has 2 aliphatic rings. The summed E-state index contributed by atoms with van der Waals surface area (Å²) in [6.07, 6.45) is 6.26. The van der Waals surface area contributed by atoms with Crippen LogP contribution < -0.4 is 5.32 Å². The molecular formula is C15H26N2O3. The molecule has 2 amide bonds. The zero-order chi connectivity index (χ0) is 14.5. The lowest BCUT2D eigenvalue weighted by Crippen LogP contribution is -2.47. The van der Waals surface area contributed by atoms with Crippen molar-refractivity contribution in [1.82, 2.24) is 10.2 Å². The summed E-state index contributed by atoms with van der Waals surface area (Å²) in [4.78, 5) is 24.6. The molecule has 5 nitrogen and oxygen atoms in total. The van der Waals surface area contributed by atoms with E-state index in [-0.39, 0.29) is 12.5 Å². The van der Waals surface area contributed by atoms with Gasteiger partial charge in [-0.2, -0.15) is 0 Å². The highest BCUT2D eigenvalue weighted by Gasteiger charge is 2.27. The van der Waals surface area contributed by atoms with Crippen LogP contribution in [-0.4, -0.2) is 41.1 Å². The van der Waals surface area contributed by atoms with Crippen molar-refractivity contribution in [2.45, 2.75) is 57.9 Å². The molecule has 114 valence electrons. The minimum absolute atomic E-state index is 0.0702. The van der Waals surface area contributed by atoms with E-state index in [0.717, 1.165) is 51.1 Å². The monoisotopic (exact) mass is 282 g/mol. The van der Waals surface area contributed by atoms with E-state index in [0.29, 0.717) is 12.0 Å². The zero-order valence-electron chi connectivity index (χ0n) is 12.3. The lowest BCUT2D eigenvalue weighted by molar-refractivity contribution is -0.137. The normalized spacial score (nSPS) is 27.6. The van der Waals surface area contributed by atoms with Gasteiger partial charge in [-0.1, -0.05) is 6.92 Å². The van der Waals surface area contributed by atoms with Gasteiger partial charge in [0.1, 0.15) is 0 Å². The van der Waals surface area contributed by atoms with Crippen molar-refractivity contribution in [1.29, 1.82) is 0 Å². The first-order valence-corrected chi connectivity index (χ1v) is 7.82. The number of amides is 2. The fourth-order valence-corrected chi connectivity index (χ4v) is 3.36. The van der Waals surface area contributed by atoms with Gasteiger partial charge in [-0.3, -0.25) is 4.79 Å². The quantitative estimate of drug-likeness (QED) is 0.832. The second-order valence-electron chi connectivity index (χ2n) is 6.43. The number of hydrogen-bond acceptors (Lipinski definition) is 2. The van der Waals surface area contributed by atoms with Crippen LogP contribution in [0.1, 0.15) is 51.9 Å². The van der Waals surface area contributed by atoms with Crippen LogP contribution >= 0.6 is 0 Å². The van der Waals surface area contributed by atoms with Gasteiger partial charge in [0.25, 0.3) is 0 Å². The number of rotatable bonds is 4. The number of nitrogens with one attached hydrogen (secondary N) is 1. The van der Waals surface area contributed by atoms with Crippen LogP contribution in [0.3, 0.4) is 0 Å². The number of carbonyl (C=O) groups is 2. The molecule has 1 aliphatic carbocycles. The summed E-state index contributed by atoms with van der Waals surface area (Å²) < 4.78 is 0. The Morgan fingerprint density at radius 1 is 1.20 bits per heavy atom. The van der Waals surface area contributed by atoms with Gasteiger partial charge in [-0.05, 0) is 50.4 Å². The van der Waals surface area contributed by atoms with Crippen LogP contribution in [0.5, 0.6) is 0 Å². The molecule has 0 spiro atoms. The maximum Gasteiger partial charge on any atom is 0.317 e. The topological polar surface area (TPSA) is 69.6 Å². The minimum Gasteiger partial charge on any atom is -0.481 e. The van der Waals surface area contributed by atoms with Gasteiger partial charge in [-0.15, -0.1) is 0 Å². The molecule has 1 aliphatic heterocycles. The average molecular weight is 282 g/mol. The molecule has 0 radical (unpaired) electrons. The van der Waals surface area contributed by atoms with Gasteiger partial charge in [0.2, 0.25) is 0 Å². The molecule has 0 aromatic heterocycles. The minimum atomic E-state index is -0.722. The Labute approximate surface area is 120 Å². The second-order valence-corrected chi connectivity index (χ2v) is 6.43. The summed E-state index contributed by atoms with van der Waals surface area (Å²) in [6.45, 7) is 3.76. The van der Waals surface area contributed by atoms with Gasteiger partial charge in [0, 0.05) is 25.6 Å². The molecule has 5 heteroatoms. The van der Waals surface area contributed by atoms with E-state index < -0.39 is 5.97 Å². The molecule has 0 aromatic rings. The van der Waals surface area contributed by atoms with Gasteiger partial charge in [0.05, 0.1) is 0 Å². The van der Waals surface area contributed by atoms with E-state index in [1.165, 1.54) is 6.42 Å². The highest BCUT2D eigenvalue weighted by atomic mass is 16.4. The van der Waals surface area contributed by atoms with Crippen LogP contribution in [0.15, 0.2) is 0 Å². The van der Waals surface area contributed by atoms with Crippen molar-refractivity contribution in [3.8, 4) is 0 Å². The molecule has 0 bridgehead atoms. The molecule has 0 aromatic carbocycles. The number of nitrogens with zero attached hydrogens (tertiary/aromatic N) is 1. The number of carboxylic acids is 1. The molecule has 1 saturated carbocycles. The highest BCUT2D eigenvalue weighted by molar-refractivity contribution is 5.74. The largest absolute Gasteiger partial charge is 0.481 e. The molecule has 2 atom stereocenters. The van der Waals surface area contributed by atoms with Crippen molar-refractivity contribution in [3.05, 3.63) is 0 Å². The van der Waals surface area contributed by atoms with Gasteiger partial charge >= 0.3 is 12.0 Å². The molecule has 1 heterocycles. The summed E-state index contributed by atoms with van der Waals surface area (Å²) in [5.41, 5.74) is 0. The molecule has 20 heavy (non-hydrogen) atoms. The van der Waals surface area contributed by atoms with E-state index >= 15 is 0 Å². The number of aliphatic carboxylic acids is 1. The van der Waals surface area contributed by atoms with Crippen molar-refractivity contribution in [2.24, 2.45) is 11.8 Å². The Balaban J connectivity index is 1.67. The summed E-state index contributed by atoms with van der Waals surface area (Å²) >= 11 is 0. The Hall–Kier alpha value is -1.26. The Bertz CT molecular complexity index is 351. The third-order valence-electron chi connectivity index (χ3n) is 4.69. The van der Waals surface area contributed by atoms with Gasteiger partial charge in [-0.25, -0.2) is 4.79 Å². The molecule has 2 rings (SSSR count). The summed E-state index contributed by atoms with van der Waals surface area (Å²) in [5, 5.41) is 11.8. The second kappa shape index (κ2) is 6.95. The lowest BCUT2D eigenvalue weighted by Gasteiger charge is -2.32. The fraction of sp³-hybridized carbons (Fsp3) is 0.867. The third kappa shape index (κ3) is 4.39. The average Bonchev–Trinajstić information content (AvgIpc) is 2.82. The van der Waals surface area contributed by atoms with Crippen LogP contribution in [0.4, 0.5) is 4.79 Å². The SMILES string of the molecule is CC1CCC(NC(=O)N2CCC(CCC(=O)O)CC2)C1. The molecular weight excluding hydrogens is 256 g/mol. The number of carboxylic acid groups (broad SMARTS) is 1. The van der Waals surface area contributed by atoms with Crippen LogP contribution in [0.2, 0.25) is 0 Å². The van der Waals surface area contributed by atoms with Crippen LogP contribution in [0.25, 0.3) is 0 Å². The summed E-state index contributed by atoms with van der Waals surface area (Å²) in [6, 6.07) is 0.419. The van der Waals surface area contributed by atoms with E-state index in [1.54, 1.807) is 0 Å². The first-order chi connectivity index (χ1) is 9.54. The van der Waals surface area contributed by atoms with Crippen LogP contribution in [0, 0.1) is 11.8 Å². The Morgan fingerprint density at radius 3 is 2.45 bits per heavy atom. The number of piperidine rings is 1. The zero-order valence-corrected chi connectivity index (χ0v) is 12.3. The molecule has 1 saturated heterocycles. The van der Waals surface area contributed by atoms with Gasteiger partial charge < -0.3 is 15.3 Å². The fourth-order valence-electron chi connectivity index (χ4n) is 3.36. The van der Waals surface area contributed by atoms with E-state index in [1.807, 2.05) is 4.90 Å². The van der Waals surface area contributed by atoms with E-state index in [9.17, 15) is 9.59 Å². The van der Waals surface area contributed by atoms with Crippen molar-refractivity contribution in [2.75, 3.05) is 13.1 Å². The molecule has 2 unspecified atom stereocenters. The maximum absolute atomic E-state index is 12.2. The van der Waals surface area contributed by atoms with Gasteiger partial charge in [0.15, 0.2) is 0 Å². The van der Waals surface area contributed by atoms with Crippen molar-refractivity contribution >= 4 is 12.0 Å². The molecule has 2 N–H and O–H groups in total. The smallest absolute Gasteiger partial charge is 0.317 e. The first kappa shape index (κ1) is 15.1. The number of urea groups is 1. The van der Waals surface area contributed by atoms with Crippen molar-refractivity contribution in [3.63, 3.8) is 0 Å². The Kier molecular flexibility index (Phi) is 5.26.